The second-order valence-corrected chi connectivity index (χ2v) is 9.36. The Morgan fingerprint density at radius 2 is 1.64 bits per heavy atom. The minimum absolute atomic E-state index is 0.188. The van der Waals surface area contributed by atoms with Crippen molar-refractivity contribution in [2.75, 3.05) is 13.7 Å². The van der Waals surface area contributed by atoms with E-state index < -0.39 is 0 Å². The maximum Gasteiger partial charge on any atom is 0.158 e. The third-order valence-corrected chi connectivity index (χ3v) is 5.01. The van der Waals surface area contributed by atoms with Crippen LogP contribution in [0.1, 0.15) is 52.7 Å². The van der Waals surface area contributed by atoms with Gasteiger partial charge in [0, 0.05) is 35.4 Å². The quantitative estimate of drug-likeness (QED) is 0.687. The predicted octanol–water partition coefficient (Wildman–Crippen LogP) is 5.05. The van der Waals surface area contributed by atoms with Gasteiger partial charge in [-0.1, -0.05) is 41.5 Å². The average molecular weight is 382 g/mol. The number of methoxy groups -OCH3 is 1. The molecular weight excluding hydrogens is 350 g/mol. The fourth-order valence-electron chi connectivity index (χ4n) is 3.47. The van der Waals surface area contributed by atoms with E-state index in [2.05, 4.69) is 58.7 Å². The number of phenols is 1. The number of benzene rings is 1. The number of nitrogens with zero attached hydrogens (tertiary/aromatic N) is 3. The summed E-state index contributed by atoms with van der Waals surface area (Å²) in [6, 6.07) is 8.12. The zero-order chi connectivity index (χ0) is 20.7. The van der Waals surface area contributed by atoms with Gasteiger partial charge in [-0.25, -0.2) is 9.67 Å². The Balaban J connectivity index is 2.30. The molecule has 5 heteroatoms. The van der Waals surface area contributed by atoms with Crippen LogP contribution in [-0.4, -0.2) is 33.6 Å². The number of pyridine rings is 1. The second-order valence-electron chi connectivity index (χ2n) is 9.36. The van der Waals surface area contributed by atoms with Crippen molar-refractivity contribution < 1.29 is 9.84 Å². The minimum Gasteiger partial charge on any atom is -0.507 e. The van der Waals surface area contributed by atoms with Gasteiger partial charge < -0.3 is 9.84 Å². The van der Waals surface area contributed by atoms with Gasteiger partial charge in [0.25, 0.3) is 0 Å². The molecule has 0 radical (unpaired) electrons. The molecule has 0 bridgehead atoms. The van der Waals surface area contributed by atoms with E-state index in [0.717, 1.165) is 33.4 Å². The van der Waals surface area contributed by atoms with Crippen LogP contribution in [0.25, 0.3) is 22.3 Å². The number of rotatable bonds is 4. The Morgan fingerprint density at radius 3 is 2.18 bits per heavy atom. The Hall–Kier alpha value is -2.40. The van der Waals surface area contributed by atoms with Crippen molar-refractivity contribution in [1.82, 2.24) is 14.8 Å². The summed E-state index contributed by atoms with van der Waals surface area (Å²) in [5.74, 6) is 0.380. The monoisotopic (exact) mass is 381 g/mol. The van der Waals surface area contributed by atoms with E-state index >= 15 is 0 Å². The average Bonchev–Trinajstić information content (AvgIpc) is 2.97. The molecule has 5 nitrogen and oxygen atoms in total. The number of fused-ring (bicyclic) bond motifs is 1. The summed E-state index contributed by atoms with van der Waals surface area (Å²) in [6.45, 7) is 13.9. The highest BCUT2D eigenvalue weighted by molar-refractivity contribution is 5.91. The third kappa shape index (κ3) is 3.76. The fraction of sp³-hybridized carbons (Fsp3) is 0.478. The molecule has 28 heavy (non-hydrogen) atoms. The SMILES string of the molecule is COCCn1nc(-c2cc(C(C)(C)C)c(O)c(C(C)(C)C)c2)c2cccnc21. The maximum atomic E-state index is 11.0. The van der Waals surface area contributed by atoms with E-state index in [1.165, 1.54) is 0 Å². The van der Waals surface area contributed by atoms with Crippen LogP contribution in [0, 0.1) is 0 Å². The number of aromatic hydroxyl groups is 1. The van der Waals surface area contributed by atoms with Gasteiger partial charge in [-0.2, -0.15) is 5.10 Å². The highest BCUT2D eigenvalue weighted by Gasteiger charge is 2.28. The largest absolute Gasteiger partial charge is 0.507 e. The van der Waals surface area contributed by atoms with Crippen LogP contribution >= 0.6 is 0 Å². The Kier molecular flexibility index (Phi) is 5.24. The van der Waals surface area contributed by atoms with Crippen molar-refractivity contribution >= 4 is 11.0 Å². The molecule has 0 amide bonds. The lowest BCUT2D eigenvalue weighted by Gasteiger charge is -2.28. The first-order chi connectivity index (χ1) is 13.0. The van der Waals surface area contributed by atoms with Crippen LogP contribution in [0.2, 0.25) is 0 Å². The van der Waals surface area contributed by atoms with Crippen molar-refractivity contribution in [1.29, 1.82) is 0 Å². The third-order valence-electron chi connectivity index (χ3n) is 5.01. The molecule has 0 atom stereocenters. The first-order valence-corrected chi connectivity index (χ1v) is 9.73. The standard InChI is InChI=1S/C23H31N3O2/c1-22(2,3)17-13-15(14-18(20(17)27)23(4,5)6)19-16-9-8-10-24-21(16)26(25-19)11-12-28-7/h8-10,13-14,27H,11-12H2,1-7H3. The van der Waals surface area contributed by atoms with Crippen LogP contribution in [0.4, 0.5) is 0 Å². The number of ether oxygens (including phenoxy) is 1. The molecule has 0 aliphatic heterocycles. The van der Waals surface area contributed by atoms with Gasteiger partial charge in [0.1, 0.15) is 11.4 Å². The van der Waals surface area contributed by atoms with E-state index in [1.54, 1.807) is 13.3 Å². The minimum atomic E-state index is -0.188. The summed E-state index contributed by atoms with van der Waals surface area (Å²) < 4.78 is 7.13. The molecule has 0 fully saturated rings. The van der Waals surface area contributed by atoms with Gasteiger partial charge in [0.15, 0.2) is 5.65 Å². The smallest absolute Gasteiger partial charge is 0.158 e. The van der Waals surface area contributed by atoms with Gasteiger partial charge in [0.2, 0.25) is 0 Å². The highest BCUT2D eigenvalue weighted by atomic mass is 16.5. The van der Waals surface area contributed by atoms with Gasteiger partial charge >= 0.3 is 0 Å². The highest BCUT2D eigenvalue weighted by Crippen LogP contribution is 2.42. The molecule has 0 saturated heterocycles. The molecular formula is C23H31N3O2. The van der Waals surface area contributed by atoms with Crippen molar-refractivity contribution in [3.63, 3.8) is 0 Å². The van der Waals surface area contributed by atoms with Gasteiger partial charge in [-0.15, -0.1) is 0 Å². The molecule has 1 aromatic carbocycles. The molecule has 0 aliphatic rings. The molecule has 3 aromatic rings. The first kappa shape index (κ1) is 20.3. The summed E-state index contributed by atoms with van der Waals surface area (Å²) in [5.41, 5.74) is 4.21. The van der Waals surface area contributed by atoms with E-state index in [0.29, 0.717) is 18.9 Å². The molecule has 2 heterocycles. The summed E-state index contributed by atoms with van der Waals surface area (Å²) in [6.07, 6.45) is 1.79. The van der Waals surface area contributed by atoms with E-state index in [-0.39, 0.29) is 10.8 Å². The zero-order valence-corrected chi connectivity index (χ0v) is 18.0. The van der Waals surface area contributed by atoms with E-state index in [9.17, 15) is 5.11 Å². The topological polar surface area (TPSA) is 60.2 Å². The lowest BCUT2D eigenvalue weighted by atomic mass is 9.78. The molecule has 0 saturated carbocycles. The van der Waals surface area contributed by atoms with Crippen LogP contribution in [0.5, 0.6) is 5.75 Å². The maximum absolute atomic E-state index is 11.0. The predicted molar refractivity (Wildman–Crippen MR) is 114 cm³/mol. The van der Waals surface area contributed by atoms with Crippen LogP contribution in [0.15, 0.2) is 30.5 Å². The molecule has 2 aromatic heterocycles. The van der Waals surface area contributed by atoms with E-state index in [1.807, 2.05) is 16.8 Å². The molecule has 1 N–H and O–H groups in total. The summed E-state index contributed by atoms with van der Waals surface area (Å²) in [7, 11) is 1.69. The Bertz CT molecular complexity index is 956. The summed E-state index contributed by atoms with van der Waals surface area (Å²) >= 11 is 0. The fourth-order valence-corrected chi connectivity index (χ4v) is 3.47. The summed E-state index contributed by atoms with van der Waals surface area (Å²) in [5, 5.41) is 16.9. The first-order valence-electron chi connectivity index (χ1n) is 9.73. The molecule has 0 spiro atoms. The van der Waals surface area contributed by atoms with Gasteiger partial charge in [-0.05, 0) is 35.1 Å². The zero-order valence-electron chi connectivity index (χ0n) is 18.0. The molecule has 0 aliphatic carbocycles. The number of hydrogen-bond donors (Lipinski definition) is 1. The Labute approximate surface area is 167 Å². The number of phenolic OH excluding ortho intramolecular Hbond substituents is 1. The van der Waals surface area contributed by atoms with Crippen LogP contribution in [0.3, 0.4) is 0 Å². The molecule has 150 valence electrons. The van der Waals surface area contributed by atoms with Crippen molar-refractivity contribution in [3.05, 3.63) is 41.6 Å². The number of aromatic nitrogens is 3. The van der Waals surface area contributed by atoms with E-state index in [4.69, 9.17) is 9.84 Å². The van der Waals surface area contributed by atoms with Crippen molar-refractivity contribution in [2.45, 2.75) is 58.9 Å². The second kappa shape index (κ2) is 7.21. The van der Waals surface area contributed by atoms with Gasteiger partial charge in [0.05, 0.1) is 13.2 Å². The number of hydrogen-bond acceptors (Lipinski definition) is 4. The molecule has 0 unspecified atom stereocenters. The van der Waals surface area contributed by atoms with Crippen molar-refractivity contribution in [2.24, 2.45) is 0 Å². The van der Waals surface area contributed by atoms with Gasteiger partial charge in [-0.3, -0.25) is 0 Å². The van der Waals surface area contributed by atoms with Crippen LogP contribution in [-0.2, 0) is 22.1 Å². The van der Waals surface area contributed by atoms with Crippen LogP contribution < -0.4 is 0 Å². The normalized spacial score (nSPS) is 12.7. The molecule has 3 rings (SSSR count). The lowest BCUT2D eigenvalue weighted by Crippen LogP contribution is -2.17. The lowest BCUT2D eigenvalue weighted by molar-refractivity contribution is 0.184. The Morgan fingerprint density at radius 1 is 1.04 bits per heavy atom. The summed E-state index contributed by atoms with van der Waals surface area (Å²) in [4.78, 5) is 4.54. The van der Waals surface area contributed by atoms with Crippen molar-refractivity contribution in [3.8, 4) is 17.0 Å².